The molecule has 0 saturated carbocycles. The van der Waals surface area contributed by atoms with Crippen LogP contribution in [-0.4, -0.2) is 44.2 Å². The largest absolute Gasteiger partial charge is 0.496 e. The fraction of sp³-hybridized carbons (Fsp3) is 0.417. The molecule has 0 N–H and O–H groups in total. The van der Waals surface area contributed by atoms with E-state index in [1.165, 1.54) is 25.3 Å². The molecule has 1 aliphatic heterocycles. The van der Waals surface area contributed by atoms with Gasteiger partial charge in [0.25, 0.3) is 5.91 Å². The SMILES string of the molecule is COc1cc(F)ccc1C(=O)N1CCOCC1. The molecule has 0 unspecified atom stereocenters. The van der Waals surface area contributed by atoms with E-state index in [-0.39, 0.29) is 11.7 Å². The van der Waals surface area contributed by atoms with Crippen molar-refractivity contribution in [2.75, 3.05) is 33.4 Å². The molecule has 17 heavy (non-hydrogen) atoms. The lowest BCUT2D eigenvalue weighted by Gasteiger charge is -2.27. The lowest BCUT2D eigenvalue weighted by molar-refractivity contribution is 0.0301. The quantitative estimate of drug-likeness (QED) is 0.781. The van der Waals surface area contributed by atoms with Crippen LogP contribution in [0.25, 0.3) is 0 Å². The smallest absolute Gasteiger partial charge is 0.257 e. The Labute approximate surface area is 98.9 Å². The van der Waals surface area contributed by atoms with Gasteiger partial charge >= 0.3 is 0 Å². The third-order valence-corrected chi connectivity index (χ3v) is 2.69. The Bertz CT molecular complexity index is 416. The summed E-state index contributed by atoms with van der Waals surface area (Å²) < 4.78 is 23.2. The number of methoxy groups -OCH3 is 1. The van der Waals surface area contributed by atoms with Gasteiger partial charge in [-0.15, -0.1) is 0 Å². The molecular weight excluding hydrogens is 225 g/mol. The highest BCUT2D eigenvalue weighted by molar-refractivity contribution is 5.97. The minimum atomic E-state index is -0.416. The Morgan fingerprint density at radius 3 is 2.76 bits per heavy atom. The van der Waals surface area contributed by atoms with Gasteiger partial charge in [0.15, 0.2) is 0 Å². The summed E-state index contributed by atoms with van der Waals surface area (Å²) in [7, 11) is 1.42. The number of nitrogens with zero attached hydrogens (tertiary/aromatic N) is 1. The van der Waals surface area contributed by atoms with E-state index in [1.807, 2.05) is 0 Å². The van der Waals surface area contributed by atoms with Crippen LogP contribution >= 0.6 is 0 Å². The summed E-state index contributed by atoms with van der Waals surface area (Å²) in [6.45, 7) is 2.18. The maximum absolute atomic E-state index is 13.0. The average Bonchev–Trinajstić information content (AvgIpc) is 2.39. The van der Waals surface area contributed by atoms with Crippen molar-refractivity contribution in [2.45, 2.75) is 0 Å². The molecule has 1 heterocycles. The molecule has 1 aromatic carbocycles. The van der Waals surface area contributed by atoms with Gasteiger partial charge in [-0.1, -0.05) is 0 Å². The van der Waals surface area contributed by atoms with Gasteiger partial charge in [0.05, 0.1) is 25.9 Å². The van der Waals surface area contributed by atoms with Gasteiger partial charge in [-0.25, -0.2) is 4.39 Å². The number of carbonyl (C=O) groups is 1. The number of hydrogen-bond donors (Lipinski definition) is 0. The molecule has 5 heteroatoms. The second kappa shape index (κ2) is 5.14. The maximum atomic E-state index is 13.0. The molecule has 1 aliphatic rings. The number of halogens is 1. The molecule has 1 fully saturated rings. The van der Waals surface area contributed by atoms with Gasteiger partial charge < -0.3 is 14.4 Å². The van der Waals surface area contributed by atoms with Crippen molar-refractivity contribution in [3.63, 3.8) is 0 Å². The van der Waals surface area contributed by atoms with E-state index in [4.69, 9.17) is 9.47 Å². The molecule has 1 aromatic rings. The zero-order valence-corrected chi connectivity index (χ0v) is 9.61. The first kappa shape index (κ1) is 11.9. The third-order valence-electron chi connectivity index (χ3n) is 2.69. The van der Waals surface area contributed by atoms with E-state index in [1.54, 1.807) is 4.90 Å². The van der Waals surface area contributed by atoms with Gasteiger partial charge in [0.1, 0.15) is 11.6 Å². The molecule has 0 atom stereocenters. The van der Waals surface area contributed by atoms with Gasteiger partial charge in [-0.2, -0.15) is 0 Å². The molecule has 2 rings (SSSR count). The number of carbonyl (C=O) groups excluding carboxylic acids is 1. The predicted molar refractivity (Wildman–Crippen MR) is 59.7 cm³/mol. The first-order valence-electron chi connectivity index (χ1n) is 5.43. The number of hydrogen-bond acceptors (Lipinski definition) is 3. The van der Waals surface area contributed by atoms with Crippen LogP contribution in [0.2, 0.25) is 0 Å². The topological polar surface area (TPSA) is 38.8 Å². The van der Waals surface area contributed by atoms with Crippen molar-refractivity contribution in [1.82, 2.24) is 4.90 Å². The third kappa shape index (κ3) is 2.55. The van der Waals surface area contributed by atoms with E-state index in [0.717, 1.165) is 0 Å². The van der Waals surface area contributed by atoms with Crippen molar-refractivity contribution in [1.29, 1.82) is 0 Å². The molecule has 1 saturated heterocycles. The van der Waals surface area contributed by atoms with Crippen molar-refractivity contribution in [2.24, 2.45) is 0 Å². The molecule has 0 radical (unpaired) electrons. The molecule has 0 aromatic heterocycles. The highest BCUT2D eigenvalue weighted by Gasteiger charge is 2.21. The number of rotatable bonds is 2. The molecule has 4 nitrogen and oxygen atoms in total. The van der Waals surface area contributed by atoms with Crippen molar-refractivity contribution in [3.8, 4) is 5.75 Å². The normalized spacial score (nSPS) is 15.8. The standard InChI is InChI=1S/C12H14FNO3/c1-16-11-8-9(13)2-3-10(11)12(15)14-4-6-17-7-5-14/h2-3,8H,4-7H2,1H3. The fourth-order valence-corrected chi connectivity index (χ4v) is 1.78. The zero-order chi connectivity index (χ0) is 12.3. The van der Waals surface area contributed by atoms with Crippen LogP contribution in [-0.2, 0) is 4.74 Å². The van der Waals surface area contributed by atoms with E-state index < -0.39 is 5.82 Å². The van der Waals surface area contributed by atoms with E-state index in [0.29, 0.717) is 31.9 Å². The van der Waals surface area contributed by atoms with Crippen LogP contribution in [0.4, 0.5) is 4.39 Å². The number of ether oxygens (including phenoxy) is 2. The maximum Gasteiger partial charge on any atom is 0.257 e. The summed E-state index contributed by atoms with van der Waals surface area (Å²) in [6.07, 6.45) is 0. The second-order valence-electron chi connectivity index (χ2n) is 3.75. The molecular formula is C12H14FNO3. The molecule has 0 aliphatic carbocycles. The summed E-state index contributed by atoms with van der Waals surface area (Å²) in [4.78, 5) is 13.8. The number of morpholine rings is 1. The summed E-state index contributed by atoms with van der Waals surface area (Å²) in [5.74, 6) is -0.299. The minimum absolute atomic E-state index is 0.148. The lowest BCUT2D eigenvalue weighted by atomic mass is 10.1. The number of amides is 1. The van der Waals surface area contributed by atoms with E-state index in [2.05, 4.69) is 0 Å². The molecule has 0 bridgehead atoms. The summed E-state index contributed by atoms with van der Waals surface area (Å²) in [5.41, 5.74) is 0.385. The van der Waals surface area contributed by atoms with Crippen LogP contribution in [0, 0.1) is 5.82 Å². The van der Waals surface area contributed by atoms with Crippen molar-refractivity contribution < 1.29 is 18.7 Å². The number of benzene rings is 1. The van der Waals surface area contributed by atoms with Gasteiger partial charge in [0.2, 0.25) is 0 Å². The Kier molecular flexibility index (Phi) is 3.58. The Balaban J connectivity index is 2.23. The molecule has 0 spiro atoms. The van der Waals surface area contributed by atoms with Crippen LogP contribution in [0.1, 0.15) is 10.4 Å². The van der Waals surface area contributed by atoms with Crippen LogP contribution in [0.15, 0.2) is 18.2 Å². The Hall–Kier alpha value is -1.62. The highest BCUT2D eigenvalue weighted by Crippen LogP contribution is 2.21. The van der Waals surface area contributed by atoms with Gasteiger partial charge in [0, 0.05) is 19.2 Å². The summed E-state index contributed by atoms with van der Waals surface area (Å²) in [6, 6.07) is 3.93. The summed E-state index contributed by atoms with van der Waals surface area (Å²) >= 11 is 0. The van der Waals surface area contributed by atoms with Gasteiger partial charge in [-0.3, -0.25) is 4.79 Å². The zero-order valence-electron chi connectivity index (χ0n) is 9.61. The Morgan fingerprint density at radius 2 is 2.12 bits per heavy atom. The van der Waals surface area contributed by atoms with Crippen LogP contribution in [0.3, 0.4) is 0 Å². The van der Waals surface area contributed by atoms with Gasteiger partial charge in [-0.05, 0) is 12.1 Å². The first-order valence-corrected chi connectivity index (χ1v) is 5.43. The van der Waals surface area contributed by atoms with Crippen molar-refractivity contribution in [3.05, 3.63) is 29.6 Å². The second-order valence-corrected chi connectivity index (χ2v) is 3.75. The molecule has 1 amide bonds. The lowest BCUT2D eigenvalue weighted by Crippen LogP contribution is -2.40. The van der Waals surface area contributed by atoms with Crippen molar-refractivity contribution >= 4 is 5.91 Å². The van der Waals surface area contributed by atoms with Crippen LogP contribution in [0.5, 0.6) is 5.75 Å². The van der Waals surface area contributed by atoms with E-state index >= 15 is 0 Å². The molecule has 92 valence electrons. The highest BCUT2D eigenvalue weighted by atomic mass is 19.1. The van der Waals surface area contributed by atoms with Crippen LogP contribution < -0.4 is 4.74 Å². The predicted octanol–water partition coefficient (Wildman–Crippen LogP) is 1.31. The monoisotopic (exact) mass is 239 g/mol. The Morgan fingerprint density at radius 1 is 1.41 bits per heavy atom. The van der Waals surface area contributed by atoms with E-state index in [9.17, 15) is 9.18 Å². The minimum Gasteiger partial charge on any atom is -0.496 e. The summed E-state index contributed by atoms with van der Waals surface area (Å²) in [5, 5.41) is 0. The average molecular weight is 239 g/mol. The fourth-order valence-electron chi connectivity index (χ4n) is 1.78. The first-order chi connectivity index (χ1) is 8.22.